The number of benzene rings is 3. The Balaban J connectivity index is 1.56. The lowest BCUT2D eigenvalue weighted by Gasteiger charge is -2.17. The number of fused-ring (bicyclic) bond motifs is 1. The first kappa shape index (κ1) is 19.1. The lowest BCUT2D eigenvalue weighted by molar-refractivity contribution is -0.122. The second kappa shape index (κ2) is 8.01. The fraction of sp³-hybridized carbons (Fsp3) is 0.174. The van der Waals surface area contributed by atoms with Crippen molar-refractivity contribution in [2.75, 3.05) is 0 Å². The Morgan fingerprint density at radius 3 is 2.72 bits per heavy atom. The molecule has 1 heterocycles. The van der Waals surface area contributed by atoms with Crippen molar-refractivity contribution in [1.29, 1.82) is 0 Å². The molecule has 0 aliphatic heterocycles. The van der Waals surface area contributed by atoms with Crippen LogP contribution in [0.1, 0.15) is 24.1 Å². The maximum atomic E-state index is 12.8. The van der Waals surface area contributed by atoms with Gasteiger partial charge in [-0.05, 0) is 48.5 Å². The van der Waals surface area contributed by atoms with Crippen molar-refractivity contribution in [3.05, 3.63) is 82.6 Å². The number of aromatic nitrogens is 3. The van der Waals surface area contributed by atoms with Gasteiger partial charge in [0.15, 0.2) is 10.6 Å². The van der Waals surface area contributed by atoms with Gasteiger partial charge in [0.2, 0.25) is 5.91 Å². The van der Waals surface area contributed by atoms with Crippen molar-refractivity contribution in [2.24, 2.45) is 0 Å². The van der Waals surface area contributed by atoms with Crippen LogP contribution in [0.25, 0.3) is 22.2 Å². The van der Waals surface area contributed by atoms with Crippen LogP contribution in [0.15, 0.2) is 66.7 Å². The highest BCUT2D eigenvalue weighted by Gasteiger charge is 2.16. The summed E-state index contributed by atoms with van der Waals surface area (Å²) in [6.45, 7) is 4.12. The highest BCUT2D eigenvalue weighted by atomic mass is 32.1. The van der Waals surface area contributed by atoms with Gasteiger partial charge in [-0.25, -0.2) is 0 Å². The monoisotopic (exact) mass is 402 g/mol. The highest BCUT2D eigenvalue weighted by Crippen LogP contribution is 2.24. The van der Waals surface area contributed by atoms with Gasteiger partial charge in [-0.15, -0.1) is 0 Å². The number of aromatic amines is 1. The van der Waals surface area contributed by atoms with Crippen LogP contribution in [0.2, 0.25) is 0 Å². The number of carbonyl (C=O) groups is 1. The standard InChI is InChI=1S/C23H22N4OS/c1-15-7-5-10-18(13-15)22-25-26-23(29)27(22)14-21(28)24-16(2)19-12-6-9-17-8-3-4-11-20(17)19/h3-13,16H,14H2,1-2H3,(H,24,28)(H,26,29). The molecular weight excluding hydrogens is 380 g/mol. The maximum absolute atomic E-state index is 12.8. The number of H-pyrrole nitrogens is 1. The van der Waals surface area contributed by atoms with Crippen LogP contribution < -0.4 is 5.32 Å². The van der Waals surface area contributed by atoms with Crippen molar-refractivity contribution < 1.29 is 4.79 Å². The number of aryl methyl sites for hydroxylation is 1. The highest BCUT2D eigenvalue weighted by molar-refractivity contribution is 7.71. The second-order valence-corrected chi connectivity index (χ2v) is 7.55. The molecular formula is C23H22N4OS. The molecule has 0 radical (unpaired) electrons. The summed E-state index contributed by atoms with van der Waals surface area (Å²) >= 11 is 5.36. The zero-order chi connectivity index (χ0) is 20.4. The number of rotatable bonds is 5. The average molecular weight is 403 g/mol. The molecule has 5 nitrogen and oxygen atoms in total. The minimum absolute atomic E-state index is 0.105. The molecule has 3 aromatic carbocycles. The van der Waals surface area contributed by atoms with Gasteiger partial charge in [-0.2, -0.15) is 5.10 Å². The van der Waals surface area contributed by atoms with Gasteiger partial charge in [0, 0.05) is 5.56 Å². The Bertz CT molecular complexity index is 1240. The SMILES string of the molecule is Cc1cccc(-c2n[nH]c(=S)n2CC(=O)NC(C)c2cccc3ccccc23)c1. The van der Waals surface area contributed by atoms with E-state index < -0.39 is 0 Å². The summed E-state index contributed by atoms with van der Waals surface area (Å²) in [7, 11) is 0. The van der Waals surface area contributed by atoms with Crippen molar-refractivity contribution >= 4 is 28.9 Å². The summed E-state index contributed by atoms with van der Waals surface area (Å²) in [5, 5.41) is 12.5. The quantitative estimate of drug-likeness (QED) is 0.465. The van der Waals surface area contributed by atoms with Crippen molar-refractivity contribution in [1.82, 2.24) is 20.1 Å². The number of nitrogens with one attached hydrogen (secondary N) is 2. The molecule has 0 fully saturated rings. The van der Waals surface area contributed by atoms with E-state index in [9.17, 15) is 4.79 Å². The van der Waals surface area contributed by atoms with Gasteiger partial charge >= 0.3 is 0 Å². The van der Waals surface area contributed by atoms with Crippen LogP contribution in [0, 0.1) is 11.7 Å². The predicted molar refractivity (Wildman–Crippen MR) is 118 cm³/mol. The van der Waals surface area contributed by atoms with E-state index in [1.54, 1.807) is 4.57 Å². The minimum Gasteiger partial charge on any atom is -0.348 e. The summed E-state index contributed by atoms with van der Waals surface area (Å²) in [4.78, 5) is 12.8. The Morgan fingerprint density at radius 1 is 1.14 bits per heavy atom. The van der Waals surface area contributed by atoms with Gasteiger partial charge in [0.1, 0.15) is 6.54 Å². The molecule has 0 aliphatic rings. The Hall–Kier alpha value is -3.25. The van der Waals surface area contributed by atoms with E-state index in [0.29, 0.717) is 10.6 Å². The number of nitrogens with zero attached hydrogens (tertiary/aromatic N) is 2. The second-order valence-electron chi connectivity index (χ2n) is 7.17. The maximum Gasteiger partial charge on any atom is 0.240 e. The molecule has 6 heteroatoms. The third-order valence-corrected chi connectivity index (χ3v) is 5.32. The first-order chi connectivity index (χ1) is 14.0. The van der Waals surface area contributed by atoms with Crippen molar-refractivity contribution in [2.45, 2.75) is 26.4 Å². The number of carbonyl (C=O) groups excluding carboxylic acids is 1. The van der Waals surface area contributed by atoms with Gasteiger partial charge in [-0.3, -0.25) is 14.5 Å². The number of hydrogen-bond donors (Lipinski definition) is 2. The smallest absolute Gasteiger partial charge is 0.240 e. The van der Waals surface area contributed by atoms with Gasteiger partial charge < -0.3 is 5.32 Å². The normalized spacial score (nSPS) is 12.1. The molecule has 0 saturated carbocycles. The summed E-state index contributed by atoms with van der Waals surface area (Å²) in [6.07, 6.45) is 0. The van der Waals surface area contributed by atoms with E-state index in [2.05, 4.69) is 39.8 Å². The van der Waals surface area contributed by atoms with Crippen LogP contribution >= 0.6 is 12.2 Å². The molecule has 1 amide bonds. The molecule has 0 aliphatic carbocycles. The predicted octanol–water partition coefficient (Wildman–Crippen LogP) is 4.95. The molecule has 2 N–H and O–H groups in total. The topological polar surface area (TPSA) is 62.7 Å². The first-order valence-corrected chi connectivity index (χ1v) is 9.93. The number of amides is 1. The van der Waals surface area contributed by atoms with E-state index in [0.717, 1.165) is 27.5 Å². The molecule has 1 aromatic heterocycles. The Kier molecular flexibility index (Phi) is 5.27. The summed E-state index contributed by atoms with van der Waals surface area (Å²) in [5.74, 6) is 0.545. The van der Waals surface area contributed by atoms with Crippen molar-refractivity contribution in [3.8, 4) is 11.4 Å². The summed E-state index contributed by atoms with van der Waals surface area (Å²) < 4.78 is 2.16. The fourth-order valence-electron chi connectivity index (χ4n) is 3.61. The molecule has 1 atom stereocenters. The van der Waals surface area contributed by atoms with Gasteiger partial charge in [0.25, 0.3) is 0 Å². The van der Waals surface area contributed by atoms with E-state index in [4.69, 9.17) is 12.2 Å². The Labute approximate surface area is 174 Å². The third-order valence-electron chi connectivity index (χ3n) is 5.00. The van der Waals surface area contributed by atoms with E-state index in [1.165, 1.54) is 0 Å². The number of hydrogen-bond acceptors (Lipinski definition) is 3. The minimum atomic E-state index is -0.128. The van der Waals surface area contributed by atoms with Crippen LogP contribution in [-0.2, 0) is 11.3 Å². The van der Waals surface area contributed by atoms with E-state index in [-0.39, 0.29) is 18.5 Å². The lowest BCUT2D eigenvalue weighted by Crippen LogP contribution is -2.30. The van der Waals surface area contributed by atoms with Gasteiger partial charge in [0.05, 0.1) is 6.04 Å². The van der Waals surface area contributed by atoms with Crippen LogP contribution in [0.5, 0.6) is 0 Å². The molecule has 1 unspecified atom stereocenters. The summed E-state index contributed by atoms with van der Waals surface area (Å²) in [5.41, 5.74) is 3.13. The molecule has 0 bridgehead atoms. The van der Waals surface area contributed by atoms with Gasteiger partial charge in [-0.1, -0.05) is 66.2 Å². The van der Waals surface area contributed by atoms with E-state index in [1.807, 2.05) is 56.3 Å². The van der Waals surface area contributed by atoms with Crippen LogP contribution in [0.3, 0.4) is 0 Å². The van der Waals surface area contributed by atoms with E-state index >= 15 is 0 Å². The zero-order valence-electron chi connectivity index (χ0n) is 16.3. The largest absolute Gasteiger partial charge is 0.348 e. The lowest BCUT2D eigenvalue weighted by atomic mass is 10.00. The van der Waals surface area contributed by atoms with Crippen LogP contribution in [-0.4, -0.2) is 20.7 Å². The molecule has 29 heavy (non-hydrogen) atoms. The Morgan fingerprint density at radius 2 is 1.90 bits per heavy atom. The van der Waals surface area contributed by atoms with Crippen LogP contribution in [0.4, 0.5) is 0 Å². The third kappa shape index (κ3) is 3.98. The molecule has 0 saturated heterocycles. The van der Waals surface area contributed by atoms with Crippen molar-refractivity contribution in [3.63, 3.8) is 0 Å². The summed E-state index contributed by atoms with van der Waals surface area (Å²) in [6, 6.07) is 22.2. The zero-order valence-corrected chi connectivity index (χ0v) is 17.2. The fourth-order valence-corrected chi connectivity index (χ4v) is 3.80. The average Bonchev–Trinajstić information content (AvgIpc) is 3.07. The molecule has 4 aromatic rings. The molecule has 0 spiro atoms. The first-order valence-electron chi connectivity index (χ1n) is 9.52. The molecule has 4 rings (SSSR count). The molecule has 146 valence electrons.